The van der Waals surface area contributed by atoms with Gasteiger partial charge in [-0.3, -0.25) is 9.59 Å². The Labute approximate surface area is 222 Å². The number of fused-ring (bicyclic) bond motifs is 1. The molecule has 0 unspecified atom stereocenters. The molecule has 0 radical (unpaired) electrons. The minimum absolute atomic E-state index is 0.0452. The van der Waals surface area contributed by atoms with Crippen LogP contribution in [0.25, 0.3) is 11.3 Å². The number of nitrogens with zero attached hydrogens (tertiary/aromatic N) is 2. The molecule has 1 heterocycles. The van der Waals surface area contributed by atoms with Crippen LogP contribution >= 0.6 is 0 Å². The summed E-state index contributed by atoms with van der Waals surface area (Å²) in [5.74, 6) is -1.59. The summed E-state index contributed by atoms with van der Waals surface area (Å²) in [6.07, 6.45) is 0.464. The van der Waals surface area contributed by atoms with Gasteiger partial charge in [0.1, 0.15) is 5.82 Å². The maximum Gasteiger partial charge on any atom is 0.303 e. The summed E-state index contributed by atoms with van der Waals surface area (Å²) in [5, 5.41) is 15.2. The average Bonchev–Trinajstić information content (AvgIpc) is 3.20. The molecule has 0 saturated heterocycles. The van der Waals surface area contributed by atoms with Crippen molar-refractivity contribution in [3.63, 3.8) is 0 Å². The number of amides is 1. The highest BCUT2D eigenvalue weighted by atomic mass is 19.1. The lowest BCUT2D eigenvalue weighted by Crippen LogP contribution is -2.28. The van der Waals surface area contributed by atoms with Crippen LogP contribution in [0.5, 0.6) is 0 Å². The quantitative estimate of drug-likeness (QED) is 0.319. The summed E-state index contributed by atoms with van der Waals surface area (Å²) in [6.45, 7) is 2.76. The summed E-state index contributed by atoms with van der Waals surface area (Å²) in [5.41, 5.74) is 5.70. The average molecular weight is 517 g/mol. The van der Waals surface area contributed by atoms with E-state index in [1.54, 1.807) is 6.07 Å². The molecule has 8 heteroatoms. The standard InChI is InChI=1S/C30H33FN4O3/c1-34(2)16-17-35(3)19-21-6-12-24(13-7-21)32-29(22-9-4-20(5-10-22)8-15-27(36)37)28-25-14-11-23(31)18-26(25)33-30(28)38/h4-7,9-14,18,32H,8,15-17,19H2,1-3H3,(H,33,38)(H,36,37). The number of anilines is 2. The fourth-order valence-electron chi connectivity index (χ4n) is 4.36. The maximum atomic E-state index is 13.8. The Morgan fingerprint density at radius 3 is 2.29 bits per heavy atom. The third kappa shape index (κ3) is 6.85. The van der Waals surface area contributed by atoms with Crippen LogP contribution in [0.2, 0.25) is 0 Å². The van der Waals surface area contributed by atoms with Crippen LogP contribution in [0.4, 0.5) is 15.8 Å². The van der Waals surface area contributed by atoms with E-state index in [1.165, 1.54) is 17.7 Å². The number of carboxylic acid groups (broad SMARTS) is 1. The Morgan fingerprint density at radius 2 is 1.63 bits per heavy atom. The number of benzene rings is 3. The van der Waals surface area contributed by atoms with E-state index in [4.69, 9.17) is 5.11 Å². The van der Waals surface area contributed by atoms with Gasteiger partial charge >= 0.3 is 5.97 Å². The fraction of sp³-hybridized carbons (Fsp3) is 0.267. The van der Waals surface area contributed by atoms with Gasteiger partial charge in [-0.25, -0.2) is 4.39 Å². The summed E-state index contributed by atoms with van der Waals surface area (Å²) >= 11 is 0. The van der Waals surface area contributed by atoms with Crippen molar-refractivity contribution >= 4 is 34.5 Å². The van der Waals surface area contributed by atoms with Crippen LogP contribution in [0.3, 0.4) is 0 Å². The molecule has 0 spiro atoms. The second kappa shape index (κ2) is 12.0. The summed E-state index contributed by atoms with van der Waals surface area (Å²) in [7, 11) is 6.21. The second-order valence-corrected chi connectivity index (χ2v) is 9.85. The molecule has 1 aliphatic rings. The van der Waals surface area contributed by atoms with E-state index in [0.717, 1.165) is 36.4 Å². The van der Waals surface area contributed by atoms with Crippen molar-refractivity contribution in [2.45, 2.75) is 19.4 Å². The van der Waals surface area contributed by atoms with Gasteiger partial charge in [0.25, 0.3) is 5.91 Å². The molecule has 4 rings (SSSR count). The van der Waals surface area contributed by atoms with E-state index in [0.29, 0.717) is 28.9 Å². The van der Waals surface area contributed by atoms with E-state index < -0.39 is 11.8 Å². The predicted molar refractivity (Wildman–Crippen MR) is 149 cm³/mol. The minimum atomic E-state index is -0.850. The second-order valence-electron chi connectivity index (χ2n) is 9.85. The summed E-state index contributed by atoms with van der Waals surface area (Å²) in [6, 6.07) is 19.8. The van der Waals surface area contributed by atoms with Crippen molar-refractivity contribution in [2.24, 2.45) is 0 Å². The minimum Gasteiger partial charge on any atom is -0.481 e. The van der Waals surface area contributed by atoms with Gasteiger partial charge in [0.2, 0.25) is 0 Å². The first kappa shape index (κ1) is 27.0. The fourth-order valence-corrected chi connectivity index (χ4v) is 4.36. The van der Waals surface area contributed by atoms with Crippen LogP contribution < -0.4 is 10.6 Å². The normalized spacial score (nSPS) is 14.0. The molecule has 0 bridgehead atoms. The monoisotopic (exact) mass is 516 g/mol. The van der Waals surface area contributed by atoms with Crippen molar-refractivity contribution in [1.82, 2.24) is 9.80 Å². The number of hydrogen-bond acceptors (Lipinski definition) is 5. The van der Waals surface area contributed by atoms with Crippen molar-refractivity contribution < 1.29 is 19.1 Å². The molecule has 0 saturated carbocycles. The Hall–Kier alpha value is -4.01. The van der Waals surface area contributed by atoms with E-state index >= 15 is 0 Å². The molecule has 38 heavy (non-hydrogen) atoms. The molecular formula is C30H33FN4O3. The highest BCUT2D eigenvalue weighted by Gasteiger charge is 2.29. The molecule has 1 aliphatic heterocycles. The smallest absolute Gasteiger partial charge is 0.303 e. The maximum absolute atomic E-state index is 13.8. The zero-order valence-electron chi connectivity index (χ0n) is 21.9. The van der Waals surface area contributed by atoms with Crippen molar-refractivity contribution in [3.8, 4) is 0 Å². The van der Waals surface area contributed by atoms with Gasteiger partial charge < -0.3 is 25.5 Å². The van der Waals surface area contributed by atoms with Gasteiger partial charge in [0, 0.05) is 37.3 Å². The van der Waals surface area contributed by atoms with Crippen LogP contribution in [-0.2, 0) is 22.6 Å². The predicted octanol–water partition coefficient (Wildman–Crippen LogP) is 4.77. The topological polar surface area (TPSA) is 84.9 Å². The number of aliphatic carboxylic acids is 1. The third-order valence-electron chi connectivity index (χ3n) is 6.45. The molecule has 0 aliphatic carbocycles. The van der Waals surface area contributed by atoms with Crippen molar-refractivity contribution in [3.05, 3.63) is 94.8 Å². The van der Waals surface area contributed by atoms with Crippen LogP contribution in [-0.4, -0.2) is 61.0 Å². The number of rotatable bonds is 11. The number of likely N-dealkylation sites (N-methyl/N-ethyl adjacent to an activating group) is 2. The number of carbonyl (C=O) groups excluding carboxylic acids is 1. The number of carbonyl (C=O) groups is 2. The van der Waals surface area contributed by atoms with Gasteiger partial charge in [-0.1, -0.05) is 36.4 Å². The third-order valence-corrected chi connectivity index (χ3v) is 6.45. The highest BCUT2D eigenvalue weighted by molar-refractivity contribution is 6.37. The Bertz CT molecular complexity index is 1330. The molecular weight excluding hydrogens is 483 g/mol. The molecule has 3 aromatic rings. The first-order chi connectivity index (χ1) is 18.2. The van der Waals surface area contributed by atoms with Gasteiger partial charge in [-0.2, -0.15) is 0 Å². The highest BCUT2D eigenvalue weighted by Crippen LogP contribution is 2.38. The van der Waals surface area contributed by atoms with Gasteiger partial charge in [-0.05, 0) is 74.6 Å². The number of halogens is 1. The van der Waals surface area contributed by atoms with E-state index in [2.05, 4.69) is 53.7 Å². The summed E-state index contributed by atoms with van der Waals surface area (Å²) in [4.78, 5) is 28.4. The molecule has 1 amide bonds. The Kier molecular flexibility index (Phi) is 8.55. The molecule has 3 N–H and O–H groups in total. The van der Waals surface area contributed by atoms with E-state index in [1.807, 2.05) is 36.4 Å². The Balaban J connectivity index is 1.64. The van der Waals surface area contributed by atoms with Crippen LogP contribution in [0, 0.1) is 5.82 Å². The zero-order chi connectivity index (χ0) is 27.2. The van der Waals surface area contributed by atoms with Gasteiger partial charge in [0.15, 0.2) is 0 Å². The van der Waals surface area contributed by atoms with Crippen LogP contribution in [0.1, 0.15) is 28.7 Å². The number of aryl methyl sites for hydroxylation is 1. The molecule has 198 valence electrons. The summed E-state index contributed by atoms with van der Waals surface area (Å²) < 4.78 is 13.8. The van der Waals surface area contributed by atoms with Crippen molar-refractivity contribution in [2.75, 3.05) is 44.9 Å². The number of nitrogens with one attached hydrogen (secondary N) is 2. The molecule has 0 atom stereocenters. The lowest BCUT2D eigenvalue weighted by Gasteiger charge is -2.20. The first-order valence-electron chi connectivity index (χ1n) is 12.6. The molecule has 0 fully saturated rings. The van der Waals surface area contributed by atoms with Gasteiger partial charge in [0.05, 0.1) is 17.0 Å². The SMILES string of the molecule is CN(C)CCN(C)Cc1ccc(NC(=C2C(=O)Nc3cc(F)ccc32)c2ccc(CCC(=O)O)cc2)cc1. The zero-order valence-corrected chi connectivity index (χ0v) is 21.9. The lowest BCUT2D eigenvalue weighted by molar-refractivity contribution is -0.137. The number of hydrogen-bond donors (Lipinski definition) is 3. The van der Waals surface area contributed by atoms with E-state index in [9.17, 15) is 14.0 Å². The molecule has 7 nitrogen and oxygen atoms in total. The van der Waals surface area contributed by atoms with Gasteiger partial charge in [-0.15, -0.1) is 0 Å². The Morgan fingerprint density at radius 1 is 0.947 bits per heavy atom. The first-order valence-corrected chi connectivity index (χ1v) is 12.6. The number of carboxylic acids is 1. The largest absolute Gasteiger partial charge is 0.481 e. The van der Waals surface area contributed by atoms with E-state index in [-0.39, 0.29) is 12.3 Å². The molecule has 3 aromatic carbocycles. The molecule has 0 aromatic heterocycles. The van der Waals surface area contributed by atoms with Crippen LogP contribution in [0.15, 0.2) is 66.7 Å². The lowest BCUT2D eigenvalue weighted by atomic mass is 9.98. The van der Waals surface area contributed by atoms with Crippen molar-refractivity contribution in [1.29, 1.82) is 0 Å².